The zero-order chi connectivity index (χ0) is 13.2. The number of nitrogens with zero attached hydrogens (tertiary/aromatic N) is 1. The maximum Gasteiger partial charge on any atom is 0.0956 e. The van der Waals surface area contributed by atoms with E-state index in [-0.39, 0.29) is 0 Å². The average Bonchev–Trinajstić information content (AvgIpc) is 2.62. The van der Waals surface area contributed by atoms with Crippen LogP contribution in [0.5, 0.6) is 0 Å². The molecule has 2 nitrogen and oxygen atoms in total. The predicted molar refractivity (Wildman–Crippen MR) is 76.9 cm³/mol. The van der Waals surface area contributed by atoms with Crippen LogP contribution >= 0.6 is 11.3 Å². The highest BCUT2D eigenvalue weighted by Gasteiger charge is 2.35. The third-order valence-electron chi connectivity index (χ3n) is 3.87. The summed E-state index contributed by atoms with van der Waals surface area (Å²) in [4.78, 5) is 4.49. The number of hydrogen-bond donors (Lipinski definition) is 1. The summed E-state index contributed by atoms with van der Waals surface area (Å²) in [6.45, 7) is 6.57. The number of hydrogen-bond acceptors (Lipinski definition) is 3. The van der Waals surface area contributed by atoms with Crippen molar-refractivity contribution < 1.29 is 5.11 Å². The molecule has 1 aromatic heterocycles. The molecular weight excluding hydrogens is 242 g/mol. The fourth-order valence-corrected chi connectivity index (χ4v) is 4.16. The van der Waals surface area contributed by atoms with Crippen LogP contribution in [0.1, 0.15) is 56.7 Å². The fourth-order valence-electron chi connectivity index (χ4n) is 3.26. The predicted octanol–water partition coefficient (Wildman–Crippen LogP) is 3.96. The number of aliphatic hydroxyl groups is 1. The second kappa shape index (κ2) is 5.70. The minimum absolute atomic E-state index is 0.498. The Morgan fingerprint density at radius 1 is 1.56 bits per heavy atom. The Morgan fingerprint density at radius 3 is 2.94 bits per heavy atom. The molecule has 2 unspecified atom stereocenters. The van der Waals surface area contributed by atoms with Gasteiger partial charge in [-0.3, -0.25) is 0 Å². The van der Waals surface area contributed by atoms with Gasteiger partial charge >= 0.3 is 0 Å². The van der Waals surface area contributed by atoms with E-state index < -0.39 is 5.60 Å². The van der Waals surface area contributed by atoms with E-state index in [1.807, 2.05) is 6.92 Å². The van der Waals surface area contributed by atoms with Crippen molar-refractivity contribution in [2.45, 2.75) is 64.9 Å². The Bertz CT molecular complexity index is 388. The minimum atomic E-state index is -0.498. The van der Waals surface area contributed by atoms with Crippen molar-refractivity contribution in [1.82, 2.24) is 4.98 Å². The lowest BCUT2D eigenvalue weighted by Crippen LogP contribution is -2.37. The smallest absolute Gasteiger partial charge is 0.0956 e. The molecule has 1 heterocycles. The molecule has 1 aliphatic carbocycles. The molecule has 1 saturated carbocycles. The van der Waals surface area contributed by atoms with E-state index in [1.54, 1.807) is 11.3 Å². The SMILES string of the molecule is Cc1csc(CC2(O)CCCC(CC(C)C)C2)n1. The molecule has 18 heavy (non-hydrogen) atoms. The molecule has 2 rings (SSSR count). The summed E-state index contributed by atoms with van der Waals surface area (Å²) in [5.74, 6) is 1.43. The summed E-state index contributed by atoms with van der Waals surface area (Å²) in [7, 11) is 0. The Kier molecular flexibility index (Phi) is 4.44. The van der Waals surface area contributed by atoms with Crippen LogP contribution in [0, 0.1) is 18.8 Å². The standard InChI is InChI=1S/C15H25NOS/c1-11(2)7-13-5-4-6-15(17,8-13)9-14-16-12(3)10-18-14/h10-11,13,17H,4-9H2,1-3H3. The first kappa shape index (κ1) is 14.0. The monoisotopic (exact) mass is 267 g/mol. The van der Waals surface area contributed by atoms with Crippen LogP contribution < -0.4 is 0 Å². The molecule has 3 heteroatoms. The van der Waals surface area contributed by atoms with Gasteiger partial charge in [0.25, 0.3) is 0 Å². The van der Waals surface area contributed by atoms with Gasteiger partial charge in [-0.2, -0.15) is 0 Å². The van der Waals surface area contributed by atoms with E-state index in [0.717, 1.165) is 42.3 Å². The van der Waals surface area contributed by atoms with Crippen molar-refractivity contribution in [2.24, 2.45) is 11.8 Å². The van der Waals surface area contributed by atoms with Gasteiger partial charge in [0.15, 0.2) is 0 Å². The van der Waals surface area contributed by atoms with E-state index in [2.05, 4.69) is 24.2 Å². The fraction of sp³-hybridized carbons (Fsp3) is 0.800. The molecule has 1 fully saturated rings. The van der Waals surface area contributed by atoms with Gasteiger partial charge in [-0.25, -0.2) is 4.98 Å². The van der Waals surface area contributed by atoms with E-state index in [0.29, 0.717) is 5.92 Å². The molecule has 0 bridgehead atoms. The lowest BCUT2D eigenvalue weighted by molar-refractivity contribution is -0.0189. The van der Waals surface area contributed by atoms with Crippen molar-refractivity contribution in [3.05, 3.63) is 16.1 Å². The van der Waals surface area contributed by atoms with Gasteiger partial charge < -0.3 is 5.11 Å². The second-order valence-corrected chi connectivity index (χ2v) is 7.32. The first-order valence-electron chi connectivity index (χ1n) is 7.10. The van der Waals surface area contributed by atoms with Crippen molar-refractivity contribution in [2.75, 3.05) is 0 Å². The highest BCUT2D eigenvalue weighted by atomic mass is 32.1. The topological polar surface area (TPSA) is 33.1 Å². The Hall–Kier alpha value is -0.410. The van der Waals surface area contributed by atoms with E-state index in [4.69, 9.17) is 0 Å². The van der Waals surface area contributed by atoms with Gasteiger partial charge in [-0.1, -0.05) is 26.7 Å². The van der Waals surface area contributed by atoms with Crippen LogP contribution in [-0.4, -0.2) is 15.7 Å². The lowest BCUT2D eigenvalue weighted by Gasteiger charge is -2.37. The lowest BCUT2D eigenvalue weighted by atomic mass is 9.74. The van der Waals surface area contributed by atoms with Gasteiger partial charge in [0.2, 0.25) is 0 Å². The molecule has 0 saturated heterocycles. The maximum absolute atomic E-state index is 10.8. The van der Waals surface area contributed by atoms with Crippen molar-refractivity contribution in [3.8, 4) is 0 Å². The highest BCUT2D eigenvalue weighted by Crippen LogP contribution is 2.38. The third-order valence-corrected chi connectivity index (χ3v) is 4.84. The van der Waals surface area contributed by atoms with E-state index >= 15 is 0 Å². The number of aryl methyl sites for hydroxylation is 1. The highest BCUT2D eigenvalue weighted by molar-refractivity contribution is 7.09. The zero-order valence-corrected chi connectivity index (χ0v) is 12.6. The van der Waals surface area contributed by atoms with Gasteiger partial charge in [0.05, 0.1) is 10.6 Å². The summed E-state index contributed by atoms with van der Waals surface area (Å²) >= 11 is 1.69. The molecular formula is C15H25NOS. The average molecular weight is 267 g/mol. The van der Waals surface area contributed by atoms with Crippen LogP contribution in [0.4, 0.5) is 0 Å². The normalized spacial score (nSPS) is 28.8. The number of thiazole rings is 1. The molecule has 0 spiro atoms. The zero-order valence-electron chi connectivity index (χ0n) is 11.8. The van der Waals surface area contributed by atoms with Crippen LogP contribution in [-0.2, 0) is 6.42 Å². The Morgan fingerprint density at radius 2 is 2.33 bits per heavy atom. The summed E-state index contributed by atoms with van der Waals surface area (Å²) in [6, 6.07) is 0. The molecule has 1 aliphatic rings. The molecule has 1 N–H and O–H groups in total. The molecule has 1 aromatic rings. The van der Waals surface area contributed by atoms with Crippen molar-refractivity contribution in [3.63, 3.8) is 0 Å². The Balaban J connectivity index is 1.97. The van der Waals surface area contributed by atoms with Crippen molar-refractivity contribution in [1.29, 1.82) is 0 Å². The number of rotatable bonds is 4. The number of aromatic nitrogens is 1. The molecule has 2 atom stereocenters. The summed E-state index contributed by atoms with van der Waals surface area (Å²) in [6.07, 6.45) is 6.36. The molecule has 0 aromatic carbocycles. The summed E-state index contributed by atoms with van der Waals surface area (Å²) in [5.41, 5.74) is 0.579. The van der Waals surface area contributed by atoms with Gasteiger partial charge in [-0.15, -0.1) is 11.3 Å². The van der Waals surface area contributed by atoms with E-state index in [1.165, 1.54) is 12.8 Å². The van der Waals surface area contributed by atoms with Crippen LogP contribution in [0.15, 0.2) is 5.38 Å². The second-order valence-electron chi connectivity index (χ2n) is 6.38. The largest absolute Gasteiger partial charge is 0.389 e. The van der Waals surface area contributed by atoms with Gasteiger partial charge in [0.1, 0.15) is 0 Å². The molecule has 0 aliphatic heterocycles. The quantitative estimate of drug-likeness (QED) is 0.895. The van der Waals surface area contributed by atoms with Crippen LogP contribution in [0.2, 0.25) is 0 Å². The Labute approximate surface area is 114 Å². The molecule has 0 amide bonds. The van der Waals surface area contributed by atoms with E-state index in [9.17, 15) is 5.11 Å². The van der Waals surface area contributed by atoms with Crippen LogP contribution in [0.3, 0.4) is 0 Å². The van der Waals surface area contributed by atoms with Gasteiger partial charge in [0, 0.05) is 17.5 Å². The minimum Gasteiger partial charge on any atom is -0.389 e. The first-order chi connectivity index (χ1) is 8.47. The molecule has 0 radical (unpaired) electrons. The van der Waals surface area contributed by atoms with Gasteiger partial charge in [-0.05, 0) is 38.0 Å². The summed E-state index contributed by atoms with van der Waals surface area (Å²) < 4.78 is 0. The summed E-state index contributed by atoms with van der Waals surface area (Å²) in [5, 5.41) is 14.0. The maximum atomic E-state index is 10.8. The first-order valence-corrected chi connectivity index (χ1v) is 7.98. The molecule has 102 valence electrons. The third kappa shape index (κ3) is 3.79. The van der Waals surface area contributed by atoms with Crippen LogP contribution in [0.25, 0.3) is 0 Å². The van der Waals surface area contributed by atoms with Crippen molar-refractivity contribution >= 4 is 11.3 Å².